The number of aryl methyl sites for hydroxylation is 2. The quantitative estimate of drug-likeness (QED) is 0.789. The molecule has 4 rings (SSSR count). The zero-order valence-corrected chi connectivity index (χ0v) is 14.7. The predicted molar refractivity (Wildman–Crippen MR) is 99.5 cm³/mol. The smallest absolute Gasteiger partial charge is 0.256 e. The summed E-state index contributed by atoms with van der Waals surface area (Å²) in [6, 6.07) is 7.83. The maximum atomic E-state index is 12.6. The standard InChI is InChI=1S/C19H21N3O2S/c23-17(14-5-4-12-2-1-3-13(12)10-14)22-19-16(7-9-25-19)18(24)21-15-6-8-20-11-15/h4-5,7,9-10,15,20H,1-3,6,8,11H2,(H,21,24)(H,22,23). The van der Waals surface area contributed by atoms with Gasteiger partial charge in [0.1, 0.15) is 5.00 Å². The fourth-order valence-corrected chi connectivity index (χ4v) is 4.29. The fourth-order valence-electron chi connectivity index (χ4n) is 3.51. The highest BCUT2D eigenvalue weighted by Gasteiger charge is 2.21. The summed E-state index contributed by atoms with van der Waals surface area (Å²) in [7, 11) is 0. The van der Waals surface area contributed by atoms with Crippen LogP contribution in [0.15, 0.2) is 29.6 Å². The SMILES string of the molecule is O=C(Nc1sccc1C(=O)NC1CCNC1)c1ccc2c(c1)CCC2. The van der Waals surface area contributed by atoms with Crippen LogP contribution in [0.4, 0.5) is 5.00 Å². The molecule has 1 unspecified atom stereocenters. The maximum Gasteiger partial charge on any atom is 0.256 e. The van der Waals surface area contributed by atoms with Gasteiger partial charge in [0.2, 0.25) is 0 Å². The van der Waals surface area contributed by atoms with E-state index in [2.05, 4.69) is 16.0 Å². The van der Waals surface area contributed by atoms with Crippen LogP contribution in [0.5, 0.6) is 0 Å². The number of fused-ring (bicyclic) bond motifs is 1. The first-order valence-electron chi connectivity index (χ1n) is 8.73. The average Bonchev–Trinajstić information content (AvgIpc) is 3.35. The summed E-state index contributed by atoms with van der Waals surface area (Å²) in [6.45, 7) is 1.73. The Morgan fingerprint density at radius 1 is 1.12 bits per heavy atom. The van der Waals surface area contributed by atoms with Crippen molar-refractivity contribution in [1.82, 2.24) is 10.6 Å². The van der Waals surface area contributed by atoms with Gasteiger partial charge in [-0.3, -0.25) is 9.59 Å². The highest BCUT2D eigenvalue weighted by Crippen LogP contribution is 2.26. The van der Waals surface area contributed by atoms with Crippen LogP contribution in [0.25, 0.3) is 0 Å². The first kappa shape index (κ1) is 16.3. The Labute approximate surface area is 150 Å². The summed E-state index contributed by atoms with van der Waals surface area (Å²) < 4.78 is 0. The Kier molecular flexibility index (Phi) is 4.55. The number of hydrogen-bond donors (Lipinski definition) is 3. The lowest BCUT2D eigenvalue weighted by Gasteiger charge is -2.12. The van der Waals surface area contributed by atoms with Gasteiger partial charge in [0.15, 0.2) is 0 Å². The molecule has 2 amide bonds. The summed E-state index contributed by atoms with van der Waals surface area (Å²) in [5.74, 6) is -0.284. The zero-order chi connectivity index (χ0) is 17.2. The lowest BCUT2D eigenvalue weighted by Crippen LogP contribution is -2.36. The Morgan fingerprint density at radius 2 is 2.00 bits per heavy atom. The van der Waals surface area contributed by atoms with Crippen LogP contribution in [-0.2, 0) is 12.8 Å². The van der Waals surface area contributed by atoms with Crippen LogP contribution in [0.1, 0.15) is 44.7 Å². The van der Waals surface area contributed by atoms with Crippen molar-refractivity contribution in [1.29, 1.82) is 0 Å². The number of anilines is 1. The minimum atomic E-state index is -0.159. The molecule has 1 aliphatic carbocycles. The highest BCUT2D eigenvalue weighted by molar-refractivity contribution is 7.14. The van der Waals surface area contributed by atoms with Gasteiger partial charge in [0, 0.05) is 18.2 Å². The van der Waals surface area contributed by atoms with Crippen molar-refractivity contribution in [2.45, 2.75) is 31.7 Å². The van der Waals surface area contributed by atoms with Crippen molar-refractivity contribution in [2.75, 3.05) is 18.4 Å². The van der Waals surface area contributed by atoms with E-state index in [0.29, 0.717) is 16.1 Å². The summed E-state index contributed by atoms with van der Waals surface area (Å²) in [6.07, 6.45) is 4.24. The van der Waals surface area contributed by atoms with Crippen LogP contribution in [0.2, 0.25) is 0 Å². The van der Waals surface area contributed by atoms with E-state index in [0.717, 1.165) is 38.8 Å². The number of nitrogens with one attached hydrogen (secondary N) is 3. The van der Waals surface area contributed by atoms with Crippen molar-refractivity contribution in [2.24, 2.45) is 0 Å². The summed E-state index contributed by atoms with van der Waals surface area (Å²) in [5, 5.41) is 11.6. The van der Waals surface area contributed by atoms with Crippen LogP contribution < -0.4 is 16.0 Å². The number of hydrogen-bond acceptors (Lipinski definition) is 4. The van der Waals surface area contributed by atoms with E-state index in [9.17, 15) is 9.59 Å². The Morgan fingerprint density at radius 3 is 2.84 bits per heavy atom. The third-order valence-corrected chi connectivity index (χ3v) is 5.72. The largest absolute Gasteiger partial charge is 0.348 e. The second-order valence-electron chi connectivity index (χ2n) is 6.62. The monoisotopic (exact) mass is 355 g/mol. The number of benzene rings is 1. The lowest BCUT2D eigenvalue weighted by atomic mass is 10.1. The molecule has 0 saturated carbocycles. The summed E-state index contributed by atoms with van der Waals surface area (Å²) in [5.41, 5.74) is 3.80. The summed E-state index contributed by atoms with van der Waals surface area (Å²) >= 11 is 1.38. The summed E-state index contributed by atoms with van der Waals surface area (Å²) in [4.78, 5) is 25.1. The van der Waals surface area contributed by atoms with Gasteiger partial charge >= 0.3 is 0 Å². The molecule has 5 nitrogen and oxygen atoms in total. The second-order valence-corrected chi connectivity index (χ2v) is 7.53. The van der Waals surface area contributed by atoms with Gasteiger partial charge in [0.05, 0.1) is 5.56 Å². The third-order valence-electron chi connectivity index (χ3n) is 4.89. The van der Waals surface area contributed by atoms with E-state index in [1.165, 1.54) is 22.5 Å². The van der Waals surface area contributed by atoms with Crippen molar-refractivity contribution in [3.05, 3.63) is 51.9 Å². The molecule has 25 heavy (non-hydrogen) atoms. The molecule has 1 saturated heterocycles. The van der Waals surface area contributed by atoms with Crippen molar-refractivity contribution < 1.29 is 9.59 Å². The van der Waals surface area contributed by atoms with Crippen molar-refractivity contribution in [3.63, 3.8) is 0 Å². The zero-order valence-electron chi connectivity index (χ0n) is 13.9. The molecular formula is C19H21N3O2S. The molecule has 1 atom stereocenters. The van der Waals surface area contributed by atoms with Gasteiger partial charge in [-0.2, -0.15) is 0 Å². The van der Waals surface area contributed by atoms with E-state index in [1.807, 2.05) is 23.6 Å². The Balaban J connectivity index is 1.46. The molecule has 3 N–H and O–H groups in total. The van der Waals surface area contributed by atoms with Crippen LogP contribution in [0.3, 0.4) is 0 Å². The number of carbonyl (C=O) groups is 2. The maximum absolute atomic E-state index is 12.6. The van der Waals surface area contributed by atoms with E-state index in [1.54, 1.807) is 6.07 Å². The molecule has 0 radical (unpaired) electrons. The van der Waals surface area contributed by atoms with Crippen LogP contribution in [-0.4, -0.2) is 30.9 Å². The number of carbonyl (C=O) groups excluding carboxylic acids is 2. The first-order chi connectivity index (χ1) is 12.2. The van der Waals surface area contributed by atoms with E-state index in [4.69, 9.17) is 0 Å². The van der Waals surface area contributed by atoms with Gasteiger partial charge < -0.3 is 16.0 Å². The van der Waals surface area contributed by atoms with Gasteiger partial charge in [-0.25, -0.2) is 0 Å². The van der Waals surface area contributed by atoms with E-state index < -0.39 is 0 Å². The molecule has 1 fully saturated rings. The minimum absolute atomic E-state index is 0.126. The molecule has 1 aromatic carbocycles. The van der Waals surface area contributed by atoms with Gasteiger partial charge in [0.25, 0.3) is 11.8 Å². The van der Waals surface area contributed by atoms with E-state index >= 15 is 0 Å². The van der Waals surface area contributed by atoms with Gasteiger partial charge in [-0.15, -0.1) is 11.3 Å². The molecule has 2 aromatic rings. The highest BCUT2D eigenvalue weighted by atomic mass is 32.1. The average molecular weight is 355 g/mol. The Bertz CT molecular complexity index is 809. The molecule has 0 bridgehead atoms. The van der Waals surface area contributed by atoms with Gasteiger partial charge in [-0.1, -0.05) is 6.07 Å². The topological polar surface area (TPSA) is 70.2 Å². The van der Waals surface area contributed by atoms with Crippen LogP contribution in [0, 0.1) is 0 Å². The normalized spacial score (nSPS) is 18.8. The lowest BCUT2D eigenvalue weighted by molar-refractivity contribution is 0.0941. The van der Waals surface area contributed by atoms with Crippen LogP contribution >= 0.6 is 11.3 Å². The molecule has 1 aliphatic heterocycles. The molecule has 2 heterocycles. The second kappa shape index (κ2) is 6.98. The van der Waals surface area contributed by atoms with Crippen molar-refractivity contribution >= 4 is 28.2 Å². The predicted octanol–water partition coefficient (Wildman–Crippen LogP) is 2.58. The molecule has 6 heteroatoms. The molecule has 1 aromatic heterocycles. The molecule has 2 aliphatic rings. The number of amides is 2. The third kappa shape index (κ3) is 3.45. The first-order valence-corrected chi connectivity index (χ1v) is 9.61. The van der Waals surface area contributed by atoms with Gasteiger partial charge in [-0.05, 0) is 66.9 Å². The van der Waals surface area contributed by atoms with E-state index in [-0.39, 0.29) is 17.9 Å². The number of rotatable bonds is 4. The molecule has 0 spiro atoms. The number of thiophene rings is 1. The Hall–Kier alpha value is -2.18. The molecular weight excluding hydrogens is 334 g/mol. The van der Waals surface area contributed by atoms with Crippen molar-refractivity contribution in [3.8, 4) is 0 Å². The minimum Gasteiger partial charge on any atom is -0.348 e. The molecule has 130 valence electrons. The fraction of sp³-hybridized carbons (Fsp3) is 0.368.